The largest absolute Gasteiger partial charge is 0.465 e. The zero-order chi connectivity index (χ0) is 20.9. The van der Waals surface area contributed by atoms with Crippen molar-refractivity contribution in [2.75, 3.05) is 7.11 Å². The number of aryl methyl sites for hydroxylation is 1. The van der Waals surface area contributed by atoms with E-state index in [2.05, 4.69) is 9.46 Å². The topological polar surface area (TPSA) is 72.5 Å². The molecule has 0 saturated carbocycles. The number of hydrogen-bond acceptors (Lipinski definition) is 4. The molecule has 150 valence electrons. The van der Waals surface area contributed by atoms with Crippen molar-refractivity contribution in [2.24, 2.45) is 0 Å². The van der Waals surface area contributed by atoms with Crippen LogP contribution in [0.5, 0.6) is 0 Å². The highest BCUT2D eigenvalue weighted by Gasteiger charge is 2.21. The molecule has 1 atom stereocenters. The molecule has 0 saturated heterocycles. The van der Waals surface area contributed by atoms with Crippen molar-refractivity contribution in [3.05, 3.63) is 107 Å². The molecule has 0 aliphatic heterocycles. The summed E-state index contributed by atoms with van der Waals surface area (Å²) in [4.78, 5) is 11.5. The van der Waals surface area contributed by atoms with Crippen LogP contribution >= 0.6 is 0 Å². The maximum Gasteiger partial charge on any atom is 0.337 e. The number of nitrogens with one attached hydrogen (secondary N) is 1. The summed E-state index contributed by atoms with van der Waals surface area (Å²) in [7, 11) is -2.34. The minimum Gasteiger partial charge on any atom is -0.465 e. The zero-order valence-corrected chi connectivity index (χ0v) is 17.1. The van der Waals surface area contributed by atoms with E-state index in [1.165, 1.54) is 7.11 Å². The molecule has 5 nitrogen and oxygen atoms in total. The summed E-state index contributed by atoms with van der Waals surface area (Å²) in [5.74, 6) is -0.648. The predicted molar refractivity (Wildman–Crippen MR) is 113 cm³/mol. The minimum atomic E-state index is -3.65. The third-order valence-electron chi connectivity index (χ3n) is 4.57. The second kappa shape index (κ2) is 9.03. The molecule has 0 heterocycles. The van der Waals surface area contributed by atoms with Crippen LogP contribution in [0.3, 0.4) is 0 Å². The highest BCUT2D eigenvalue weighted by molar-refractivity contribution is 7.88. The van der Waals surface area contributed by atoms with Crippen LogP contribution in [0.25, 0.3) is 0 Å². The minimum absolute atomic E-state index is 0.191. The molecule has 0 radical (unpaired) electrons. The molecule has 0 aliphatic rings. The van der Waals surface area contributed by atoms with Gasteiger partial charge >= 0.3 is 5.97 Å². The van der Waals surface area contributed by atoms with Gasteiger partial charge in [0.25, 0.3) is 0 Å². The Labute approximate surface area is 171 Å². The van der Waals surface area contributed by atoms with E-state index in [-0.39, 0.29) is 5.75 Å². The van der Waals surface area contributed by atoms with Gasteiger partial charge in [-0.25, -0.2) is 17.9 Å². The number of sulfonamides is 1. The molecule has 6 heteroatoms. The Morgan fingerprint density at radius 2 is 1.48 bits per heavy atom. The van der Waals surface area contributed by atoms with Gasteiger partial charge in [0.05, 0.1) is 24.5 Å². The normalized spacial score (nSPS) is 12.3. The molecule has 0 aromatic heterocycles. The maximum absolute atomic E-state index is 12.9. The summed E-state index contributed by atoms with van der Waals surface area (Å²) < 4.78 is 33.3. The first-order chi connectivity index (χ1) is 13.9. The highest BCUT2D eigenvalue weighted by atomic mass is 32.2. The average Bonchev–Trinajstić information content (AvgIpc) is 2.73. The summed E-state index contributed by atoms with van der Waals surface area (Å²) in [5, 5.41) is 0. The first-order valence-electron chi connectivity index (χ1n) is 9.17. The molecule has 3 rings (SSSR count). The van der Waals surface area contributed by atoms with Crippen LogP contribution in [0.15, 0.2) is 78.9 Å². The molecule has 3 aromatic carbocycles. The summed E-state index contributed by atoms with van der Waals surface area (Å²) in [6, 6.07) is 23.1. The number of rotatable bonds is 7. The number of benzene rings is 3. The lowest BCUT2D eigenvalue weighted by Gasteiger charge is -2.20. The lowest BCUT2D eigenvalue weighted by molar-refractivity contribution is 0.0600. The van der Waals surface area contributed by atoms with Gasteiger partial charge in [-0.3, -0.25) is 0 Å². The molecular weight excluding hydrogens is 386 g/mol. The van der Waals surface area contributed by atoms with E-state index in [0.717, 1.165) is 16.7 Å². The standard InChI is InChI=1S/C23H23NO4S/c1-17-8-12-20(13-9-17)22(19-6-4-3-5-7-19)24-29(26,27)16-18-10-14-21(15-11-18)23(25)28-2/h3-15,22,24H,16H2,1-2H3/t22-/m1/s1. The fraction of sp³-hybridized carbons (Fsp3) is 0.174. The number of carbonyl (C=O) groups is 1. The van der Waals surface area contributed by atoms with Gasteiger partial charge in [-0.2, -0.15) is 0 Å². The number of methoxy groups -OCH3 is 1. The molecule has 29 heavy (non-hydrogen) atoms. The van der Waals surface area contributed by atoms with Gasteiger partial charge in [0.15, 0.2) is 0 Å². The molecule has 0 spiro atoms. The third kappa shape index (κ3) is 5.53. The number of ether oxygens (including phenoxy) is 1. The molecule has 1 N–H and O–H groups in total. The molecule has 0 fully saturated rings. The second-order valence-electron chi connectivity index (χ2n) is 6.82. The lowest BCUT2D eigenvalue weighted by atomic mass is 9.99. The Kier molecular flexibility index (Phi) is 6.46. The quantitative estimate of drug-likeness (QED) is 0.599. The SMILES string of the molecule is COC(=O)c1ccc(CS(=O)(=O)N[C@H](c2ccccc2)c2ccc(C)cc2)cc1. The van der Waals surface area contributed by atoms with E-state index in [1.54, 1.807) is 24.3 Å². The van der Waals surface area contributed by atoms with Crippen LogP contribution in [0.2, 0.25) is 0 Å². The van der Waals surface area contributed by atoms with E-state index in [1.807, 2.05) is 61.5 Å². The highest BCUT2D eigenvalue weighted by Crippen LogP contribution is 2.24. The summed E-state index contributed by atoms with van der Waals surface area (Å²) in [5.41, 5.74) is 3.80. The van der Waals surface area contributed by atoms with Crippen molar-refractivity contribution in [2.45, 2.75) is 18.7 Å². The molecule has 3 aromatic rings. The van der Waals surface area contributed by atoms with Crippen LogP contribution in [0.4, 0.5) is 0 Å². The Hall–Kier alpha value is -2.96. The van der Waals surface area contributed by atoms with Crippen LogP contribution in [-0.2, 0) is 20.5 Å². The summed E-state index contributed by atoms with van der Waals surface area (Å²) >= 11 is 0. The van der Waals surface area contributed by atoms with Gasteiger partial charge in [0.1, 0.15) is 0 Å². The predicted octanol–water partition coefficient (Wildman–Crippen LogP) is 3.99. The second-order valence-corrected chi connectivity index (χ2v) is 8.57. The number of esters is 1. The Balaban J connectivity index is 1.84. The van der Waals surface area contributed by atoms with Crippen molar-refractivity contribution < 1.29 is 17.9 Å². The van der Waals surface area contributed by atoms with E-state index in [0.29, 0.717) is 11.1 Å². The monoisotopic (exact) mass is 409 g/mol. The van der Waals surface area contributed by atoms with E-state index < -0.39 is 22.0 Å². The van der Waals surface area contributed by atoms with Gasteiger partial charge in [-0.15, -0.1) is 0 Å². The fourth-order valence-corrected chi connectivity index (χ4v) is 4.37. The van der Waals surface area contributed by atoms with Crippen LogP contribution in [0.1, 0.15) is 38.7 Å². The maximum atomic E-state index is 12.9. The van der Waals surface area contributed by atoms with Gasteiger partial charge in [0, 0.05) is 0 Å². The van der Waals surface area contributed by atoms with E-state index in [9.17, 15) is 13.2 Å². The van der Waals surface area contributed by atoms with E-state index >= 15 is 0 Å². The first-order valence-corrected chi connectivity index (χ1v) is 10.8. The Morgan fingerprint density at radius 1 is 0.897 bits per heavy atom. The van der Waals surface area contributed by atoms with Crippen molar-refractivity contribution in [3.63, 3.8) is 0 Å². The van der Waals surface area contributed by atoms with Crippen molar-refractivity contribution in [1.29, 1.82) is 0 Å². The third-order valence-corrected chi connectivity index (χ3v) is 5.88. The Bertz CT molecular complexity index is 1060. The number of carbonyl (C=O) groups excluding carboxylic acids is 1. The lowest BCUT2D eigenvalue weighted by Crippen LogP contribution is -2.30. The van der Waals surface area contributed by atoms with Crippen LogP contribution in [-0.4, -0.2) is 21.5 Å². The van der Waals surface area contributed by atoms with E-state index in [4.69, 9.17) is 0 Å². The van der Waals surface area contributed by atoms with Gasteiger partial charge in [-0.1, -0.05) is 72.3 Å². The fourth-order valence-electron chi connectivity index (χ4n) is 3.03. The number of hydrogen-bond donors (Lipinski definition) is 1. The van der Waals surface area contributed by atoms with Crippen molar-refractivity contribution in [1.82, 2.24) is 4.72 Å². The average molecular weight is 410 g/mol. The van der Waals surface area contributed by atoms with Gasteiger partial charge in [0.2, 0.25) is 10.0 Å². The van der Waals surface area contributed by atoms with Crippen LogP contribution < -0.4 is 4.72 Å². The molecule has 0 aliphatic carbocycles. The van der Waals surface area contributed by atoms with Gasteiger partial charge in [-0.05, 0) is 35.7 Å². The summed E-state index contributed by atoms with van der Waals surface area (Å²) in [6.45, 7) is 1.99. The van der Waals surface area contributed by atoms with Crippen molar-refractivity contribution >= 4 is 16.0 Å². The molecule has 0 amide bonds. The molecule has 0 bridgehead atoms. The van der Waals surface area contributed by atoms with Crippen LogP contribution in [0, 0.1) is 6.92 Å². The first kappa shape index (κ1) is 20.8. The van der Waals surface area contributed by atoms with Crippen molar-refractivity contribution in [3.8, 4) is 0 Å². The Morgan fingerprint density at radius 3 is 2.07 bits per heavy atom. The zero-order valence-electron chi connectivity index (χ0n) is 16.3. The summed E-state index contributed by atoms with van der Waals surface area (Å²) in [6.07, 6.45) is 0. The van der Waals surface area contributed by atoms with Gasteiger partial charge < -0.3 is 4.74 Å². The molecule has 0 unspecified atom stereocenters. The smallest absolute Gasteiger partial charge is 0.337 e. The molecular formula is C23H23NO4S.